The van der Waals surface area contributed by atoms with Crippen molar-refractivity contribution in [3.05, 3.63) is 65.7 Å². The Morgan fingerprint density at radius 2 is 1.56 bits per heavy atom. The molecule has 0 bridgehead atoms. The van der Waals surface area contributed by atoms with E-state index in [0.717, 1.165) is 11.3 Å². The summed E-state index contributed by atoms with van der Waals surface area (Å²) in [4.78, 5) is 27.7. The van der Waals surface area contributed by atoms with Gasteiger partial charge in [-0.1, -0.05) is 30.3 Å². The van der Waals surface area contributed by atoms with Crippen LogP contribution in [0.4, 0.5) is 0 Å². The number of ketones is 1. The lowest BCUT2D eigenvalue weighted by Gasteiger charge is -2.37. The molecular formula is C23H27NO3. The van der Waals surface area contributed by atoms with Crippen molar-refractivity contribution in [2.75, 3.05) is 20.2 Å². The van der Waals surface area contributed by atoms with Crippen LogP contribution in [0.15, 0.2) is 54.6 Å². The fourth-order valence-electron chi connectivity index (χ4n) is 3.71. The number of carbonyl (C=O) groups is 2. The number of ether oxygens (including phenoxy) is 1. The zero-order valence-corrected chi connectivity index (χ0v) is 16.3. The van der Waals surface area contributed by atoms with E-state index in [0.29, 0.717) is 31.5 Å². The summed E-state index contributed by atoms with van der Waals surface area (Å²) in [5.41, 5.74) is 1.17. The van der Waals surface area contributed by atoms with Gasteiger partial charge in [0.1, 0.15) is 5.75 Å². The molecule has 0 atom stereocenters. The monoisotopic (exact) mass is 365 g/mol. The first-order valence-electron chi connectivity index (χ1n) is 9.46. The Bertz CT molecular complexity index is 788. The second-order valence-electron chi connectivity index (χ2n) is 7.65. The van der Waals surface area contributed by atoms with Crippen LogP contribution in [-0.2, 0) is 10.2 Å². The van der Waals surface area contributed by atoms with Crippen LogP contribution in [0.1, 0.15) is 42.6 Å². The average molecular weight is 365 g/mol. The Morgan fingerprint density at radius 3 is 2.11 bits per heavy atom. The summed E-state index contributed by atoms with van der Waals surface area (Å²) in [6, 6.07) is 17.1. The van der Waals surface area contributed by atoms with Crippen LogP contribution in [-0.4, -0.2) is 36.8 Å². The molecule has 0 radical (unpaired) electrons. The van der Waals surface area contributed by atoms with Crippen LogP contribution in [0.2, 0.25) is 0 Å². The van der Waals surface area contributed by atoms with Crippen molar-refractivity contribution >= 4 is 11.7 Å². The molecule has 0 unspecified atom stereocenters. The van der Waals surface area contributed by atoms with Gasteiger partial charge >= 0.3 is 0 Å². The third-order valence-corrected chi connectivity index (χ3v) is 5.56. The summed E-state index contributed by atoms with van der Waals surface area (Å²) in [7, 11) is 1.61. The molecule has 142 valence electrons. The van der Waals surface area contributed by atoms with Crippen LogP contribution < -0.4 is 4.74 Å². The number of carbonyl (C=O) groups excluding carboxylic acids is 2. The van der Waals surface area contributed by atoms with Crippen LogP contribution in [0.5, 0.6) is 5.75 Å². The molecule has 3 rings (SSSR count). The van der Waals surface area contributed by atoms with Gasteiger partial charge in [-0.25, -0.2) is 0 Å². The number of hydrogen-bond acceptors (Lipinski definition) is 3. The average Bonchev–Trinajstić information content (AvgIpc) is 2.73. The molecule has 0 aromatic heterocycles. The summed E-state index contributed by atoms with van der Waals surface area (Å²) in [5, 5.41) is 0. The zero-order valence-electron chi connectivity index (χ0n) is 16.3. The van der Waals surface area contributed by atoms with Gasteiger partial charge in [-0.3, -0.25) is 9.59 Å². The van der Waals surface area contributed by atoms with Gasteiger partial charge < -0.3 is 9.64 Å². The number of benzene rings is 2. The van der Waals surface area contributed by atoms with Crippen molar-refractivity contribution in [2.45, 2.75) is 32.1 Å². The Labute approximate surface area is 161 Å². The van der Waals surface area contributed by atoms with E-state index in [9.17, 15) is 9.59 Å². The lowest BCUT2D eigenvalue weighted by atomic mass is 9.81. The van der Waals surface area contributed by atoms with E-state index >= 15 is 0 Å². The molecule has 1 aliphatic heterocycles. The fraction of sp³-hybridized carbons (Fsp3) is 0.391. The smallest absolute Gasteiger partial charge is 0.232 e. The molecule has 1 heterocycles. The maximum atomic E-state index is 13.1. The minimum absolute atomic E-state index is 0.0257. The van der Waals surface area contributed by atoms with E-state index in [1.165, 1.54) is 0 Å². The Hall–Kier alpha value is -2.62. The summed E-state index contributed by atoms with van der Waals surface area (Å²) >= 11 is 0. The van der Waals surface area contributed by atoms with Gasteiger partial charge in [0, 0.05) is 24.6 Å². The number of rotatable bonds is 5. The highest BCUT2D eigenvalue weighted by Crippen LogP contribution is 2.29. The highest BCUT2D eigenvalue weighted by Gasteiger charge is 2.36. The predicted molar refractivity (Wildman–Crippen MR) is 106 cm³/mol. The van der Waals surface area contributed by atoms with Crippen molar-refractivity contribution in [1.29, 1.82) is 0 Å². The van der Waals surface area contributed by atoms with Gasteiger partial charge in [-0.05, 0) is 56.5 Å². The standard InChI is InChI=1S/C23H27NO3/c1-23(2,19-7-5-4-6-8-19)22(26)24-15-13-18(14-16-24)21(25)17-9-11-20(27-3)12-10-17/h4-12,18H,13-16H2,1-3H3. The summed E-state index contributed by atoms with van der Waals surface area (Å²) in [5.74, 6) is 1.01. The lowest BCUT2D eigenvalue weighted by Crippen LogP contribution is -2.47. The van der Waals surface area contributed by atoms with Crippen LogP contribution >= 0.6 is 0 Å². The summed E-state index contributed by atoms with van der Waals surface area (Å²) in [6.07, 6.45) is 1.42. The first-order valence-corrected chi connectivity index (χ1v) is 9.46. The Balaban J connectivity index is 1.62. The zero-order chi connectivity index (χ0) is 19.4. The first-order chi connectivity index (χ1) is 12.9. The largest absolute Gasteiger partial charge is 0.497 e. The third kappa shape index (κ3) is 4.05. The van der Waals surface area contributed by atoms with Crippen molar-refractivity contribution < 1.29 is 14.3 Å². The minimum atomic E-state index is -0.561. The molecule has 1 aliphatic rings. The summed E-state index contributed by atoms with van der Waals surface area (Å²) in [6.45, 7) is 5.20. The van der Waals surface area contributed by atoms with Crippen LogP contribution in [0, 0.1) is 5.92 Å². The number of amides is 1. The van der Waals surface area contributed by atoms with Gasteiger partial charge in [0.15, 0.2) is 5.78 Å². The van der Waals surface area contributed by atoms with E-state index in [1.54, 1.807) is 7.11 Å². The normalized spacial score (nSPS) is 15.4. The minimum Gasteiger partial charge on any atom is -0.497 e. The van der Waals surface area contributed by atoms with Crippen molar-refractivity contribution in [3.63, 3.8) is 0 Å². The SMILES string of the molecule is COc1ccc(C(=O)C2CCN(C(=O)C(C)(C)c3ccccc3)CC2)cc1. The van der Waals surface area contributed by atoms with Crippen molar-refractivity contribution in [2.24, 2.45) is 5.92 Å². The van der Waals surface area contributed by atoms with Gasteiger partial charge in [0.25, 0.3) is 0 Å². The molecule has 0 N–H and O–H groups in total. The number of likely N-dealkylation sites (tertiary alicyclic amines) is 1. The van der Waals surface area contributed by atoms with Crippen LogP contribution in [0.25, 0.3) is 0 Å². The molecule has 4 nitrogen and oxygen atoms in total. The predicted octanol–water partition coefficient (Wildman–Crippen LogP) is 4.09. The molecule has 1 fully saturated rings. The molecular weight excluding hydrogens is 338 g/mol. The van der Waals surface area contributed by atoms with Crippen molar-refractivity contribution in [1.82, 2.24) is 4.90 Å². The van der Waals surface area contributed by atoms with Gasteiger partial charge in [-0.2, -0.15) is 0 Å². The molecule has 1 saturated heterocycles. The molecule has 0 aliphatic carbocycles. The lowest BCUT2D eigenvalue weighted by molar-refractivity contribution is -0.137. The number of hydrogen-bond donors (Lipinski definition) is 0. The Kier molecular flexibility index (Phi) is 5.64. The molecule has 4 heteroatoms. The second-order valence-corrected chi connectivity index (χ2v) is 7.65. The molecule has 2 aromatic rings. The van der Waals surface area contributed by atoms with E-state index in [2.05, 4.69) is 0 Å². The fourth-order valence-corrected chi connectivity index (χ4v) is 3.71. The number of methoxy groups -OCH3 is 1. The molecule has 1 amide bonds. The topological polar surface area (TPSA) is 46.6 Å². The number of piperidine rings is 1. The molecule has 2 aromatic carbocycles. The Morgan fingerprint density at radius 1 is 0.963 bits per heavy atom. The van der Waals surface area contributed by atoms with Crippen molar-refractivity contribution in [3.8, 4) is 5.75 Å². The number of nitrogens with zero attached hydrogens (tertiary/aromatic N) is 1. The molecule has 27 heavy (non-hydrogen) atoms. The van der Waals surface area contributed by atoms with E-state index in [1.807, 2.05) is 73.3 Å². The third-order valence-electron chi connectivity index (χ3n) is 5.56. The maximum Gasteiger partial charge on any atom is 0.232 e. The second kappa shape index (κ2) is 7.95. The highest BCUT2D eigenvalue weighted by molar-refractivity contribution is 5.98. The van der Waals surface area contributed by atoms with Crippen LogP contribution in [0.3, 0.4) is 0 Å². The van der Waals surface area contributed by atoms with Gasteiger partial charge in [0.2, 0.25) is 5.91 Å². The maximum absolute atomic E-state index is 13.1. The van der Waals surface area contributed by atoms with E-state index in [4.69, 9.17) is 4.74 Å². The highest BCUT2D eigenvalue weighted by atomic mass is 16.5. The summed E-state index contributed by atoms with van der Waals surface area (Å²) < 4.78 is 5.15. The van der Waals surface area contributed by atoms with E-state index in [-0.39, 0.29) is 17.6 Å². The molecule has 0 saturated carbocycles. The van der Waals surface area contributed by atoms with Gasteiger partial charge in [0.05, 0.1) is 12.5 Å². The van der Waals surface area contributed by atoms with Gasteiger partial charge in [-0.15, -0.1) is 0 Å². The first kappa shape index (κ1) is 19.2. The van der Waals surface area contributed by atoms with E-state index < -0.39 is 5.41 Å². The quantitative estimate of drug-likeness (QED) is 0.750. The molecule has 0 spiro atoms. The number of Topliss-reactive ketones (excluding diaryl/α,β-unsaturated/α-hetero) is 1.